The molecule has 0 atom stereocenters. The fraction of sp³-hybridized carbons (Fsp3) is 0.793. The normalized spacial score (nSPS) is 16.8. The topological polar surface area (TPSA) is 56.4 Å². The Morgan fingerprint density at radius 3 is 0.897 bits per heavy atom. The van der Waals surface area contributed by atoms with Gasteiger partial charge >= 0.3 is 0 Å². The van der Waals surface area contributed by atoms with E-state index in [1.54, 1.807) is 0 Å². The third kappa shape index (κ3) is 13.7. The maximum atomic E-state index is 5.76. The van der Waals surface area contributed by atoms with Crippen LogP contribution in [-0.4, -0.2) is 142 Å². The van der Waals surface area contributed by atoms with Crippen LogP contribution in [0.4, 0.5) is 0 Å². The Kier molecular flexibility index (Phi) is 16.0. The van der Waals surface area contributed by atoms with Crippen molar-refractivity contribution in [2.45, 2.75) is 39.5 Å². The molecule has 0 radical (unpaired) electrons. The quantitative estimate of drug-likeness (QED) is 0.168. The zero-order valence-electron chi connectivity index (χ0n) is 24.6. The zero-order chi connectivity index (χ0) is 27.4. The molecule has 3 heterocycles. The van der Waals surface area contributed by atoms with Gasteiger partial charge in [-0.05, 0) is 12.8 Å². The van der Waals surface area contributed by atoms with E-state index in [4.69, 9.17) is 18.9 Å². The molecule has 0 fully saturated rings. The molecule has 3 rings (SSSR count). The number of ether oxygens (including phenoxy) is 4. The molecule has 0 aromatic carbocycles. The zero-order valence-corrected chi connectivity index (χ0v) is 24.6. The lowest BCUT2D eigenvalue weighted by atomic mass is 10.3. The van der Waals surface area contributed by atoms with Crippen molar-refractivity contribution >= 4 is 0 Å². The van der Waals surface area contributed by atoms with E-state index in [2.05, 4.69) is 80.4 Å². The molecule has 10 nitrogen and oxygen atoms in total. The molecule has 10 heteroatoms. The van der Waals surface area contributed by atoms with Gasteiger partial charge in [0.15, 0.2) is 0 Å². The fourth-order valence-electron chi connectivity index (χ4n) is 4.51. The van der Waals surface area contributed by atoms with E-state index >= 15 is 0 Å². The van der Waals surface area contributed by atoms with Gasteiger partial charge in [0.25, 0.3) is 0 Å². The van der Waals surface area contributed by atoms with Gasteiger partial charge in [0.2, 0.25) is 0 Å². The summed E-state index contributed by atoms with van der Waals surface area (Å²) in [5, 5.41) is 0. The Balaban J connectivity index is 1.04. The van der Waals surface area contributed by atoms with Gasteiger partial charge in [-0.1, -0.05) is 26.7 Å². The van der Waals surface area contributed by atoms with Crippen molar-refractivity contribution in [3.05, 3.63) is 37.2 Å². The first-order chi connectivity index (χ1) is 19.3. The van der Waals surface area contributed by atoms with E-state index in [0.717, 1.165) is 72.5 Å². The van der Waals surface area contributed by atoms with Crippen LogP contribution in [0, 0.1) is 0 Å². The molecular formula is C29H54N6O4. The average Bonchev–Trinajstić information content (AvgIpc) is 3.71. The summed E-state index contributed by atoms with van der Waals surface area (Å²) in [5.41, 5.74) is 0. The Bertz CT molecular complexity index is 653. The minimum atomic E-state index is 0.641. The first kappa shape index (κ1) is 31.4. The summed E-state index contributed by atoms with van der Waals surface area (Å²) >= 11 is 0. The third-order valence-electron chi connectivity index (χ3n) is 6.99. The van der Waals surface area contributed by atoms with E-state index in [1.807, 2.05) is 0 Å². The average molecular weight is 551 g/mol. The molecule has 0 bridgehead atoms. The van der Waals surface area contributed by atoms with Gasteiger partial charge in [-0.15, -0.1) is 0 Å². The second kappa shape index (κ2) is 19.8. The van der Waals surface area contributed by atoms with Crippen molar-refractivity contribution in [1.29, 1.82) is 0 Å². The summed E-state index contributed by atoms with van der Waals surface area (Å²) in [4.78, 5) is 13.9. The first-order valence-electron chi connectivity index (χ1n) is 15.1. The van der Waals surface area contributed by atoms with Crippen LogP contribution in [0.2, 0.25) is 0 Å². The lowest BCUT2D eigenvalue weighted by molar-refractivity contribution is 0.0304. The van der Waals surface area contributed by atoms with E-state index in [9.17, 15) is 0 Å². The predicted molar refractivity (Wildman–Crippen MR) is 155 cm³/mol. The van der Waals surface area contributed by atoms with Crippen LogP contribution in [0.25, 0.3) is 0 Å². The molecule has 0 spiro atoms. The Hall–Kier alpha value is -2.14. The number of hydrogen-bond donors (Lipinski definition) is 0. The van der Waals surface area contributed by atoms with Crippen LogP contribution in [0.3, 0.4) is 0 Å². The maximum absolute atomic E-state index is 5.76. The number of unbranched alkanes of at least 4 members (excludes halogenated alkanes) is 2. The predicted octanol–water partition coefficient (Wildman–Crippen LogP) is 2.79. The number of hydrogen-bond acceptors (Lipinski definition) is 10. The highest BCUT2D eigenvalue weighted by Gasteiger charge is 2.13. The molecule has 0 saturated heterocycles. The van der Waals surface area contributed by atoms with Crippen molar-refractivity contribution in [1.82, 2.24) is 29.4 Å². The van der Waals surface area contributed by atoms with Crippen molar-refractivity contribution in [3.63, 3.8) is 0 Å². The van der Waals surface area contributed by atoms with Crippen molar-refractivity contribution in [2.24, 2.45) is 0 Å². The van der Waals surface area contributed by atoms with E-state index < -0.39 is 0 Å². The Morgan fingerprint density at radius 2 is 0.641 bits per heavy atom. The van der Waals surface area contributed by atoms with Gasteiger partial charge in [-0.25, -0.2) is 0 Å². The molecule has 0 aliphatic carbocycles. The summed E-state index contributed by atoms with van der Waals surface area (Å²) in [7, 11) is 0. The molecule has 3 aliphatic rings. The highest BCUT2D eigenvalue weighted by atomic mass is 16.5. The van der Waals surface area contributed by atoms with E-state index in [1.165, 1.54) is 25.7 Å². The van der Waals surface area contributed by atoms with Crippen LogP contribution < -0.4 is 0 Å². The molecule has 39 heavy (non-hydrogen) atoms. The largest absolute Gasteiger partial charge is 0.377 e. The number of nitrogens with zero attached hydrogens (tertiary/aromatic N) is 6. The second-order valence-electron chi connectivity index (χ2n) is 10.3. The van der Waals surface area contributed by atoms with Crippen LogP contribution >= 0.6 is 0 Å². The van der Waals surface area contributed by atoms with Gasteiger partial charge in [-0.3, -0.25) is 0 Å². The van der Waals surface area contributed by atoms with Crippen LogP contribution in [-0.2, 0) is 18.9 Å². The highest BCUT2D eigenvalue weighted by Crippen LogP contribution is 2.09. The molecule has 0 aromatic heterocycles. The number of rotatable bonds is 24. The smallest absolute Gasteiger partial charge is 0.0895 e. The van der Waals surface area contributed by atoms with E-state index in [-0.39, 0.29) is 0 Å². The lowest BCUT2D eigenvalue weighted by Gasteiger charge is -2.21. The third-order valence-corrected chi connectivity index (χ3v) is 6.99. The van der Waals surface area contributed by atoms with Crippen molar-refractivity contribution < 1.29 is 18.9 Å². The summed E-state index contributed by atoms with van der Waals surface area (Å²) < 4.78 is 23.0. The monoisotopic (exact) mass is 550 g/mol. The molecular weight excluding hydrogens is 496 g/mol. The summed E-state index contributed by atoms with van der Waals surface area (Å²) in [6.07, 6.45) is 17.9. The molecule has 3 aliphatic heterocycles. The standard InChI is InChI=1S/C29H54N6O4/c1-3-5-7-30-9-11-32(27-30)15-19-36-23-25-38-21-17-34-13-14-35(29-34)18-22-39-26-24-37-20-16-33-12-10-31(28-33)8-6-4-2/h9-14H,3-8,15-29H2,1-2H3. The van der Waals surface area contributed by atoms with Crippen LogP contribution in [0.15, 0.2) is 37.2 Å². The van der Waals surface area contributed by atoms with Crippen molar-refractivity contribution in [2.75, 3.05) is 112 Å². The molecule has 0 saturated carbocycles. The lowest BCUT2D eigenvalue weighted by Crippen LogP contribution is -2.30. The molecule has 224 valence electrons. The van der Waals surface area contributed by atoms with E-state index in [0.29, 0.717) is 39.6 Å². The molecule has 0 N–H and O–H groups in total. The maximum Gasteiger partial charge on any atom is 0.0895 e. The summed E-state index contributed by atoms with van der Waals surface area (Å²) in [6, 6.07) is 0. The van der Waals surface area contributed by atoms with Gasteiger partial charge in [-0.2, -0.15) is 0 Å². The molecule has 0 aromatic rings. The molecule has 0 amide bonds. The molecule has 0 unspecified atom stereocenters. The van der Waals surface area contributed by atoms with Crippen molar-refractivity contribution in [3.8, 4) is 0 Å². The van der Waals surface area contributed by atoms with Gasteiger partial charge in [0, 0.05) is 76.5 Å². The van der Waals surface area contributed by atoms with Crippen LogP contribution in [0.1, 0.15) is 39.5 Å². The Labute approximate surface area is 237 Å². The summed E-state index contributed by atoms with van der Waals surface area (Å²) in [5.74, 6) is 0. The minimum Gasteiger partial charge on any atom is -0.377 e. The van der Waals surface area contributed by atoms with Gasteiger partial charge in [0.05, 0.1) is 72.9 Å². The highest BCUT2D eigenvalue weighted by molar-refractivity contribution is 4.91. The SMILES string of the molecule is CCCCN1C=CN(CCOCCOCCN2C=CN(CCOCCOCCN3C=CN(CCCC)C3)C2)C1. The Morgan fingerprint density at radius 1 is 0.385 bits per heavy atom. The van der Waals surface area contributed by atoms with Gasteiger partial charge < -0.3 is 48.3 Å². The van der Waals surface area contributed by atoms with Gasteiger partial charge in [0.1, 0.15) is 0 Å². The summed E-state index contributed by atoms with van der Waals surface area (Å²) in [6.45, 7) is 18.7. The minimum absolute atomic E-state index is 0.641. The first-order valence-corrected chi connectivity index (χ1v) is 15.1. The second-order valence-corrected chi connectivity index (χ2v) is 10.3. The fourth-order valence-corrected chi connectivity index (χ4v) is 4.51. The van der Waals surface area contributed by atoms with Crippen LogP contribution in [0.5, 0.6) is 0 Å².